The van der Waals surface area contributed by atoms with Gasteiger partial charge in [-0.05, 0) is 12.8 Å². The van der Waals surface area contributed by atoms with E-state index in [1.165, 1.54) is 4.90 Å². The summed E-state index contributed by atoms with van der Waals surface area (Å²) >= 11 is 0. The summed E-state index contributed by atoms with van der Waals surface area (Å²) in [7, 11) is 0. The van der Waals surface area contributed by atoms with E-state index >= 15 is 0 Å². The molecular formula is C11H16F3N3O2. The van der Waals surface area contributed by atoms with Crippen LogP contribution in [-0.2, 0) is 9.59 Å². The summed E-state index contributed by atoms with van der Waals surface area (Å²) in [5.41, 5.74) is 0. The summed E-state index contributed by atoms with van der Waals surface area (Å²) in [6.07, 6.45) is -4.73. The summed E-state index contributed by atoms with van der Waals surface area (Å²) < 4.78 is 37.4. The first-order chi connectivity index (χ1) is 8.89. The van der Waals surface area contributed by atoms with E-state index in [1.807, 2.05) is 5.32 Å². The lowest BCUT2D eigenvalue weighted by molar-refractivity contribution is -0.172. The maximum atomic E-state index is 12.5. The highest BCUT2D eigenvalue weighted by molar-refractivity contribution is 6.00. The lowest BCUT2D eigenvalue weighted by atomic mass is 9.92. The topological polar surface area (TPSA) is 61.4 Å². The monoisotopic (exact) mass is 279 g/mol. The Bertz CT molecular complexity index is 367. The number of piperazine rings is 1. The Kier molecular flexibility index (Phi) is 3.98. The molecular weight excluding hydrogens is 263 g/mol. The molecule has 0 aromatic heterocycles. The molecule has 0 saturated carbocycles. The molecule has 0 bridgehead atoms. The van der Waals surface area contributed by atoms with E-state index in [2.05, 4.69) is 5.32 Å². The van der Waals surface area contributed by atoms with E-state index in [1.54, 1.807) is 0 Å². The molecule has 0 spiro atoms. The Morgan fingerprint density at radius 2 is 1.84 bits per heavy atom. The molecule has 0 aliphatic carbocycles. The number of nitrogens with one attached hydrogen (secondary N) is 2. The molecule has 2 aliphatic rings. The Hall–Kier alpha value is -1.31. The van der Waals surface area contributed by atoms with Crippen molar-refractivity contribution in [1.29, 1.82) is 0 Å². The van der Waals surface area contributed by atoms with E-state index in [4.69, 9.17) is 0 Å². The van der Waals surface area contributed by atoms with E-state index in [9.17, 15) is 22.8 Å². The number of piperidine rings is 1. The highest BCUT2D eigenvalue weighted by atomic mass is 19.4. The SMILES string of the molecule is O=C1NC(C(F)(F)F)CCC1C(=O)N1CCNCC1. The quantitative estimate of drug-likeness (QED) is 0.658. The average molecular weight is 279 g/mol. The number of hydrogen-bond acceptors (Lipinski definition) is 3. The molecule has 2 aliphatic heterocycles. The Morgan fingerprint density at radius 3 is 2.37 bits per heavy atom. The van der Waals surface area contributed by atoms with Crippen LogP contribution in [0.25, 0.3) is 0 Å². The molecule has 2 N–H and O–H groups in total. The maximum Gasteiger partial charge on any atom is 0.408 e. The average Bonchev–Trinajstić information content (AvgIpc) is 2.38. The van der Waals surface area contributed by atoms with Crippen molar-refractivity contribution >= 4 is 11.8 Å². The molecule has 0 aromatic rings. The molecule has 19 heavy (non-hydrogen) atoms. The molecule has 0 aromatic carbocycles. The van der Waals surface area contributed by atoms with Gasteiger partial charge in [-0.2, -0.15) is 13.2 Å². The van der Waals surface area contributed by atoms with Crippen molar-refractivity contribution in [1.82, 2.24) is 15.5 Å². The second-order valence-electron chi connectivity index (χ2n) is 4.81. The van der Waals surface area contributed by atoms with Crippen molar-refractivity contribution < 1.29 is 22.8 Å². The van der Waals surface area contributed by atoms with Crippen LogP contribution in [0.1, 0.15) is 12.8 Å². The van der Waals surface area contributed by atoms with Crippen LogP contribution in [0.2, 0.25) is 0 Å². The second-order valence-corrected chi connectivity index (χ2v) is 4.81. The van der Waals surface area contributed by atoms with Crippen LogP contribution in [0.3, 0.4) is 0 Å². The molecule has 2 heterocycles. The highest BCUT2D eigenvalue weighted by Gasteiger charge is 2.46. The van der Waals surface area contributed by atoms with Crippen LogP contribution in [0.5, 0.6) is 0 Å². The third-order valence-corrected chi connectivity index (χ3v) is 3.50. The van der Waals surface area contributed by atoms with E-state index < -0.39 is 24.0 Å². The normalized spacial score (nSPS) is 29.0. The van der Waals surface area contributed by atoms with Gasteiger partial charge in [0.15, 0.2) is 0 Å². The Balaban J connectivity index is 1.96. The van der Waals surface area contributed by atoms with Crippen LogP contribution >= 0.6 is 0 Å². The van der Waals surface area contributed by atoms with Crippen molar-refractivity contribution in [2.45, 2.75) is 25.1 Å². The molecule has 2 amide bonds. The first-order valence-electron chi connectivity index (χ1n) is 6.26. The summed E-state index contributed by atoms with van der Waals surface area (Å²) in [5, 5.41) is 4.97. The second kappa shape index (κ2) is 5.36. The molecule has 2 fully saturated rings. The number of amides is 2. The fourth-order valence-electron chi connectivity index (χ4n) is 2.40. The van der Waals surface area contributed by atoms with Gasteiger partial charge >= 0.3 is 6.18 Å². The van der Waals surface area contributed by atoms with Gasteiger partial charge in [-0.15, -0.1) is 0 Å². The van der Waals surface area contributed by atoms with Gasteiger partial charge in [0.2, 0.25) is 11.8 Å². The molecule has 108 valence electrons. The molecule has 2 saturated heterocycles. The number of halogens is 3. The molecule has 0 radical (unpaired) electrons. The minimum atomic E-state index is -4.45. The van der Waals surface area contributed by atoms with E-state index in [0.29, 0.717) is 26.2 Å². The molecule has 8 heteroatoms. The van der Waals surface area contributed by atoms with Crippen LogP contribution in [-0.4, -0.2) is 55.1 Å². The van der Waals surface area contributed by atoms with Crippen LogP contribution in [0.15, 0.2) is 0 Å². The predicted octanol–water partition coefficient (Wildman–Crippen LogP) is -0.125. The number of carbonyl (C=O) groups is 2. The number of rotatable bonds is 1. The summed E-state index contributed by atoms with van der Waals surface area (Å²) in [4.78, 5) is 25.3. The lowest BCUT2D eigenvalue weighted by Gasteiger charge is -2.34. The zero-order chi connectivity index (χ0) is 14.0. The molecule has 5 nitrogen and oxygen atoms in total. The summed E-state index contributed by atoms with van der Waals surface area (Å²) in [6, 6.07) is -1.83. The first-order valence-corrected chi connectivity index (χ1v) is 6.26. The summed E-state index contributed by atoms with van der Waals surface area (Å²) in [5.74, 6) is -2.14. The van der Waals surface area contributed by atoms with Crippen LogP contribution in [0, 0.1) is 5.92 Å². The zero-order valence-electron chi connectivity index (χ0n) is 10.3. The van der Waals surface area contributed by atoms with Gasteiger partial charge < -0.3 is 15.5 Å². The molecule has 2 atom stereocenters. The van der Waals surface area contributed by atoms with Gasteiger partial charge in [-0.25, -0.2) is 0 Å². The molecule has 2 unspecified atom stereocenters. The van der Waals surface area contributed by atoms with Crippen molar-refractivity contribution in [2.75, 3.05) is 26.2 Å². The first kappa shape index (κ1) is 14.1. The Morgan fingerprint density at radius 1 is 1.21 bits per heavy atom. The van der Waals surface area contributed by atoms with Gasteiger partial charge in [-0.3, -0.25) is 9.59 Å². The van der Waals surface area contributed by atoms with Gasteiger partial charge in [0.25, 0.3) is 0 Å². The van der Waals surface area contributed by atoms with E-state index in [0.717, 1.165) is 0 Å². The summed E-state index contributed by atoms with van der Waals surface area (Å²) in [6.45, 7) is 2.27. The van der Waals surface area contributed by atoms with Gasteiger partial charge in [-0.1, -0.05) is 0 Å². The largest absolute Gasteiger partial charge is 0.408 e. The van der Waals surface area contributed by atoms with Crippen molar-refractivity contribution in [3.63, 3.8) is 0 Å². The third-order valence-electron chi connectivity index (χ3n) is 3.50. The standard InChI is InChI=1S/C11H16F3N3O2/c12-11(13,14)8-2-1-7(9(18)16-8)10(19)17-5-3-15-4-6-17/h7-8,15H,1-6H2,(H,16,18). The van der Waals surface area contributed by atoms with Crippen molar-refractivity contribution in [2.24, 2.45) is 5.92 Å². The van der Waals surface area contributed by atoms with Gasteiger partial charge in [0, 0.05) is 26.2 Å². The number of nitrogens with zero attached hydrogens (tertiary/aromatic N) is 1. The third kappa shape index (κ3) is 3.17. The van der Waals surface area contributed by atoms with Crippen LogP contribution in [0.4, 0.5) is 13.2 Å². The Labute approximate surface area is 108 Å². The number of carbonyl (C=O) groups excluding carboxylic acids is 2. The van der Waals surface area contributed by atoms with Crippen molar-refractivity contribution in [3.8, 4) is 0 Å². The predicted molar refractivity (Wildman–Crippen MR) is 60.2 cm³/mol. The fourth-order valence-corrected chi connectivity index (χ4v) is 2.40. The van der Waals surface area contributed by atoms with Crippen LogP contribution < -0.4 is 10.6 Å². The van der Waals surface area contributed by atoms with E-state index in [-0.39, 0.29) is 18.7 Å². The number of hydrogen-bond donors (Lipinski definition) is 2. The van der Waals surface area contributed by atoms with Gasteiger partial charge in [0.05, 0.1) is 0 Å². The van der Waals surface area contributed by atoms with Gasteiger partial charge in [0.1, 0.15) is 12.0 Å². The molecule has 2 rings (SSSR count). The maximum absolute atomic E-state index is 12.5. The lowest BCUT2D eigenvalue weighted by Crippen LogP contribution is -2.56. The zero-order valence-corrected chi connectivity index (χ0v) is 10.3. The minimum absolute atomic E-state index is 0.0429. The fraction of sp³-hybridized carbons (Fsp3) is 0.818. The minimum Gasteiger partial charge on any atom is -0.344 e. The number of alkyl halides is 3. The smallest absolute Gasteiger partial charge is 0.344 e. The van der Waals surface area contributed by atoms with Crippen molar-refractivity contribution in [3.05, 3.63) is 0 Å². The highest BCUT2D eigenvalue weighted by Crippen LogP contribution is 2.29.